The van der Waals surface area contributed by atoms with Gasteiger partial charge in [-0.2, -0.15) is 0 Å². The van der Waals surface area contributed by atoms with E-state index in [0.717, 1.165) is 41.0 Å². The van der Waals surface area contributed by atoms with Crippen LogP contribution in [0.5, 0.6) is 5.75 Å². The molecule has 3 aromatic carbocycles. The van der Waals surface area contributed by atoms with Crippen LogP contribution < -0.4 is 16.2 Å². The van der Waals surface area contributed by atoms with Crippen LogP contribution in [0.15, 0.2) is 71.7 Å². The SMILES string of the molecule is CN1OC2(CC(C3CCc4ccccc43)Oc3ccc(-c4cccc(N)c4)cc32)N=C1N. The Bertz CT molecular complexity index is 1240. The van der Waals surface area contributed by atoms with Gasteiger partial charge in [0.05, 0.1) is 5.56 Å². The Kier molecular flexibility index (Phi) is 4.20. The number of ether oxygens (including phenoxy) is 1. The summed E-state index contributed by atoms with van der Waals surface area (Å²) in [5.74, 6) is 1.47. The fraction of sp³-hybridized carbons (Fsp3) is 0.269. The smallest absolute Gasteiger partial charge is 0.221 e. The van der Waals surface area contributed by atoms with Gasteiger partial charge in [0.25, 0.3) is 0 Å². The second kappa shape index (κ2) is 7.00. The molecule has 6 heteroatoms. The van der Waals surface area contributed by atoms with E-state index in [1.54, 1.807) is 12.1 Å². The Labute approximate surface area is 187 Å². The Hall–Kier alpha value is -3.51. The average molecular weight is 427 g/mol. The third-order valence-electron chi connectivity index (χ3n) is 6.91. The molecular weight excluding hydrogens is 400 g/mol. The highest BCUT2D eigenvalue weighted by atomic mass is 16.7. The zero-order chi connectivity index (χ0) is 21.9. The summed E-state index contributed by atoms with van der Waals surface area (Å²) in [6, 6.07) is 22.7. The van der Waals surface area contributed by atoms with E-state index in [4.69, 9.17) is 26.0 Å². The molecule has 6 rings (SSSR count). The van der Waals surface area contributed by atoms with Gasteiger partial charge in [-0.25, -0.2) is 14.9 Å². The summed E-state index contributed by atoms with van der Waals surface area (Å²) in [5.41, 5.74) is 17.8. The summed E-state index contributed by atoms with van der Waals surface area (Å²) in [4.78, 5) is 11.1. The minimum atomic E-state index is -0.898. The predicted molar refractivity (Wildman–Crippen MR) is 125 cm³/mol. The molecule has 0 radical (unpaired) electrons. The van der Waals surface area contributed by atoms with E-state index in [1.165, 1.54) is 11.1 Å². The topological polar surface area (TPSA) is 86.1 Å². The van der Waals surface area contributed by atoms with E-state index in [2.05, 4.69) is 36.4 Å². The van der Waals surface area contributed by atoms with Crippen molar-refractivity contribution in [2.75, 3.05) is 12.8 Å². The van der Waals surface area contributed by atoms with Crippen LogP contribution in [0.1, 0.15) is 35.4 Å². The van der Waals surface area contributed by atoms with E-state index in [1.807, 2.05) is 30.3 Å². The first-order valence-corrected chi connectivity index (χ1v) is 11.1. The molecule has 2 heterocycles. The van der Waals surface area contributed by atoms with E-state index in [0.29, 0.717) is 18.3 Å². The van der Waals surface area contributed by atoms with Gasteiger partial charge in [0.2, 0.25) is 11.7 Å². The normalized spacial score (nSPS) is 25.9. The number of guanidine groups is 1. The fourth-order valence-corrected chi connectivity index (χ4v) is 5.37. The van der Waals surface area contributed by atoms with Gasteiger partial charge in [-0.1, -0.05) is 42.5 Å². The number of benzene rings is 3. The second-order valence-corrected chi connectivity index (χ2v) is 8.88. The molecule has 0 aromatic heterocycles. The summed E-state index contributed by atoms with van der Waals surface area (Å²) in [6.45, 7) is 0. The van der Waals surface area contributed by atoms with Crippen molar-refractivity contribution in [2.45, 2.75) is 37.0 Å². The maximum Gasteiger partial charge on any atom is 0.221 e. The molecule has 0 amide bonds. The number of aryl methyl sites for hydroxylation is 1. The van der Waals surface area contributed by atoms with Gasteiger partial charge >= 0.3 is 0 Å². The van der Waals surface area contributed by atoms with Crippen LogP contribution in [0.25, 0.3) is 11.1 Å². The van der Waals surface area contributed by atoms with Crippen LogP contribution >= 0.6 is 0 Å². The molecule has 3 aromatic rings. The van der Waals surface area contributed by atoms with E-state index in [-0.39, 0.29) is 6.10 Å². The number of fused-ring (bicyclic) bond motifs is 3. The zero-order valence-electron chi connectivity index (χ0n) is 18.0. The average Bonchev–Trinajstić information content (AvgIpc) is 3.34. The molecule has 32 heavy (non-hydrogen) atoms. The minimum Gasteiger partial charge on any atom is -0.489 e. The van der Waals surface area contributed by atoms with Gasteiger partial charge in [-0.3, -0.25) is 0 Å². The lowest BCUT2D eigenvalue weighted by atomic mass is 9.84. The molecule has 3 unspecified atom stereocenters. The first kappa shape index (κ1) is 19.2. The van der Waals surface area contributed by atoms with Crippen LogP contribution in [0.3, 0.4) is 0 Å². The van der Waals surface area contributed by atoms with Gasteiger partial charge in [-0.15, -0.1) is 0 Å². The van der Waals surface area contributed by atoms with Crippen LogP contribution in [0, 0.1) is 0 Å². The van der Waals surface area contributed by atoms with Crippen LogP contribution in [-0.4, -0.2) is 24.2 Å². The molecule has 3 atom stereocenters. The Morgan fingerprint density at radius 2 is 1.84 bits per heavy atom. The number of aliphatic imine (C=N–C) groups is 1. The third-order valence-corrected chi connectivity index (χ3v) is 6.91. The standard InChI is InChI=1S/C26H26N4O2/c1-30-25(28)29-26(32-30)15-24(21-11-9-16-5-2-3-8-20(16)21)31-23-12-10-18(14-22(23)26)17-6-4-7-19(27)13-17/h2-8,10,12-14,21,24H,9,11,15,27H2,1H3,(H2,28,29). The highest BCUT2D eigenvalue weighted by Gasteiger charge is 2.51. The molecule has 0 saturated carbocycles. The Morgan fingerprint density at radius 3 is 2.66 bits per heavy atom. The van der Waals surface area contributed by atoms with Crippen molar-refractivity contribution in [2.24, 2.45) is 10.7 Å². The maximum atomic E-state index is 6.61. The highest BCUT2D eigenvalue weighted by Crippen LogP contribution is 2.51. The Morgan fingerprint density at radius 1 is 1.00 bits per heavy atom. The molecule has 1 aliphatic carbocycles. The number of hydrogen-bond donors (Lipinski definition) is 2. The van der Waals surface area contributed by atoms with Crippen LogP contribution in [-0.2, 0) is 17.0 Å². The number of anilines is 1. The summed E-state index contributed by atoms with van der Waals surface area (Å²) in [6.07, 6.45) is 2.68. The molecule has 162 valence electrons. The number of hydroxylamine groups is 2. The number of nitrogens with zero attached hydrogens (tertiary/aromatic N) is 2. The Balaban J connectivity index is 1.44. The van der Waals surface area contributed by atoms with Crippen molar-refractivity contribution < 1.29 is 9.57 Å². The van der Waals surface area contributed by atoms with Crippen molar-refractivity contribution in [1.29, 1.82) is 0 Å². The zero-order valence-corrected chi connectivity index (χ0v) is 18.0. The summed E-state index contributed by atoms with van der Waals surface area (Å²) in [5, 5.41) is 1.56. The molecule has 0 bridgehead atoms. The maximum absolute atomic E-state index is 6.61. The fourth-order valence-electron chi connectivity index (χ4n) is 5.37. The number of rotatable bonds is 2. The van der Waals surface area contributed by atoms with E-state index < -0.39 is 5.72 Å². The molecule has 3 aliphatic rings. The molecular formula is C26H26N4O2. The van der Waals surface area contributed by atoms with Crippen molar-refractivity contribution in [1.82, 2.24) is 5.06 Å². The molecule has 4 N–H and O–H groups in total. The van der Waals surface area contributed by atoms with E-state index >= 15 is 0 Å². The summed E-state index contributed by atoms with van der Waals surface area (Å²) in [7, 11) is 1.80. The lowest BCUT2D eigenvalue weighted by Crippen LogP contribution is -2.41. The van der Waals surface area contributed by atoms with Gasteiger partial charge in [-0.05, 0) is 59.4 Å². The minimum absolute atomic E-state index is 0.0487. The number of nitrogen functional groups attached to an aromatic ring is 1. The second-order valence-electron chi connectivity index (χ2n) is 8.88. The van der Waals surface area contributed by atoms with Crippen LogP contribution in [0.2, 0.25) is 0 Å². The predicted octanol–water partition coefficient (Wildman–Crippen LogP) is 4.16. The monoisotopic (exact) mass is 426 g/mol. The van der Waals surface area contributed by atoms with Crippen molar-refractivity contribution in [3.8, 4) is 16.9 Å². The first-order chi connectivity index (χ1) is 15.5. The lowest BCUT2D eigenvalue weighted by Gasteiger charge is -2.39. The molecule has 1 spiro atoms. The molecule has 6 nitrogen and oxygen atoms in total. The highest BCUT2D eigenvalue weighted by molar-refractivity contribution is 5.79. The number of hydrogen-bond acceptors (Lipinski definition) is 6. The lowest BCUT2D eigenvalue weighted by molar-refractivity contribution is -0.192. The van der Waals surface area contributed by atoms with Crippen molar-refractivity contribution in [3.63, 3.8) is 0 Å². The van der Waals surface area contributed by atoms with Gasteiger partial charge in [0.15, 0.2) is 0 Å². The third kappa shape index (κ3) is 2.94. The quantitative estimate of drug-likeness (QED) is 0.601. The van der Waals surface area contributed by atoms with Crippen molar-refractivity contribution in [3.05, 3.63) is 83.4 Å². The first-order valence-electron chi connectivity index (χ1n) is 11.1. The van der Waals surface area contributed by atoms with Crippen molar-refractivity contribution >= 4 is 11.6 Å². The van der Waals surface area contributed by atoms with Gasteiger partial charge < -0.3 is 16.2 Å². The summed E-state index contributed by atoms with van der Waals surface area (Å²) >= 11 is 0. The molecule has 0 saturated heterocycles. The number of nitrogens with two attached hydrogens (primary N) is 2. The molecule has 2 aliphatic heterocycles. The summed E-state index contributed by atoms with van der Waals surface area (Å²) < 4.78 is 6.61. The largest absolute Gasteiger partial charge is 0.489 e. The molecule has 0 fully saturated rings. The van der Waals surface area contributed by atoms with E-state index in [9.17, 15) is 0 Å². The van der Waals surface area contributed by atoms with Gasteiger partial charge in [0, 0.05) is 25.1 Å². The van der Waals surface area contributed by atoms with Crippen LogP contribution in [0.4, 0.5) is 5.69 Å². The van der Waals surface area contributed by atoms with Gasteiger partial charge in [0.1, 0.15) is 11.9 Å².